The van der Waals surface area contributed by atoms with Gasteiger partial charge in [-0.3, -0.25) is 4.79 Å². The molecule has 4 aromatic rings. The van der Waals surface area contributed by atoms with Crippen LogP contribution in [0, 0.1) is 6.92 Å². The highest BCUT2D eigenvalue weighted by atomic mass is 19.4. The zero-order chi connectivity index (χ0) is 28.8. The van der Waals surface area contributed by atoms with Gasteiger partial charge >= 0.3 is 12.4 Å². The van der Waals surface area contributed by atoms with Gasteiger partial charge in [0.05, 0.1) is 12.1 Å². The van der Waals surface area contributed by atoms with Crippen LogP contribution in [0.15, 0.2) is 49.0 Å². The highest BCUT2D eigenvalue weighted by Crippen LogP contribution is 2.39. The third-order valence-corrected chi connectivity index (χ3v) is 6.38. The first kappa shape index (κ1) is 26.9. The molecule has 15 heteroatoms. The fourth-order valence-electron chi connectivity index (χ4n) is 4.48. The van der Waals surface area contributed by atoms with Gasteiger partial charge in [-0.15, -0.1) is 10.2 Å². The van der Waals surface area contributed by atoms with Crippen LogP contribution in [0.1, 0.15) is 38.3 Å². The average molecular weight is 562 g/mol. The van der Waals surface area contributed by atoms with Crippen LogP contribution < -0.4 is 10.2 Å². The number of aromatic amines is 1. The monoisotopic (exact) mass is 562 g/mol. The van der Waals surface area contributed by atoms with Gasteiger partial charge in [-0.1, -0.05) is 30.8 Å². The van der Waals surface area contributed by atoms with E-state index in [1.54, 1.807) is 25.1 Å². The van der Waals surface area contributed by atoms with Crippen LogP contribution in [0.2, 0.25) is 0 Å². The summed E-state index contributed by atoms with van der Waals surface area (Å²) in [4.78, 5) is 14.8. The van der Waals surface area contributed by atoms with Gasteiger partial charge in [0.15, 0.2) is 5.69 Å². The van der Waals surface area contributed by atoms with Crippen LogP contribution in [0.25, 0.3) is 17.1 Å². The Kier molecular flexibility index (Phi) is 6.59. The largest absolute Gasteiger partial charge is 0.436 e. The van der Waals surface area contributed by atoms with Gasteiger partial charge in [0.1, 0.15) is 11.4 Å². The number of amides is 1. The van der Waals surface area contributed by atoms with E-state index in [1.165, 1.54) is 17.0 Å². The number of benzene rings is 2. The fraction of sp³-hybridized carbons (Fsp3) is 0.240. The Bertz CT molecular complexity index is 1570. The summed E-state index contributed by atoms with van der Waals surface area (Å²) in [7, 11) is 0. The van der Waals surface area contributed by atoms with Crippen LogP contribution >= 0.6 is 0 Å². The summed E-state index contributed by atoms with van der Waals surface area (Å²) in [6.07, 6.45) is -9.46. The maximum Gasteiger partial charge on any atom is 0.436 e. The van der Waals surface area contributed by atoms with Crippen molar-refractivity contribution in [2.24, 2.45) is 0 Å². The number of hydrogen-bond acceptors (Lipinski definition) is 6. The van der Waals surface area contributed by atoms with Gasteiger partial charge < -0.3 is 10.2 Å². The predicted molar refractivity (Wildman–Crippen MR) is 131 cm³/mol. The number of aromatic nitrogens is 6. The van der Waals surface area contributed by atoms with Crippen molar-refractivity contribution in [3.8, 4) is 11.4 Å². The van der Waals surface area contributed by atoms with Crippen molar-refractivity contribution >= 4 is 17.4 Å². The zero-order valence-electron chi connectivity index (χ0n) is 20.7. The Morgan fingerprint density at radius 3 is 2.38 bits per heavy atom. The van der Waals surface area contributed by atoms with E-state index in [4.69, 9.17) is 0 Å². The van der Waals surface area contributed by atoms with Crippen molar-refractivity contribution in [1.82, 2.24) is 35.7 Å². The Morgan fingerprint density at radius 2 is 1.77 bits per heavy atom. The lowest BCUT2D eigenvalue weighted by Crippen LogP contribution is -2.28. The molecule has 208 valence electrons. The summed E-state index contributed by atoms with van der Waals surface area (Å²) in [5, 5.41) is 19.8. The smallest absolute Gasteiger partial charge is 0.350 e. The summed E-state index contributed by atoms with van der Waals surface area (Å²) < 4.78 is 81.7. The highest BCUT2D eigenvalue weighted by molar-refractivity contribution is 6.04. The van der Waals surface area contributed by atoms with E-state index in [2.05, 4.69) is 37.6 Å². The first-order valence-corrected chi connectivity index (χ1v) is 11.8. The second-order valence-electron chi connectivity index (χ2n) is 9.08. The second kappa shape index (κ2) is 9.81. The summed E-state index contributed by atoms with van der Waals surface area (Å²) in [5.74, 6) is -0.809. The molecule has 0 spiro atoms. The molecular formula is C25H20F6N8O. The first-order valence-electron chi connectivity index (χ1n) is 11.8. The molecule has 3 heterocycles. The average Bonchev–Trinajstić information content (AvgIpc) is 3.61. The van der Waals surface area contributed by atoms with E-state index in [0.29, 0.717) is 28.1 Å². The normalized spacial score (nSPS) is 13.4. The third kappa shape index (κ3) is 5.13. The molecule has 1 aliphatic rings. The van der Waals surface area contributed by atoms with Crippen molar-refractivity contribution in [3.05, 3.63) is 82.6 Å². The molecule has 0 radical (unpaired) electrons. The molecule has 2 aromatic carbocycles. The van der Waals surface area contributed by atoms with Gasteiger partial charge in [-0.25, -0.2) is 4.68 Å². The van der Waals surface area contributed by atoms with Crippen LogP contribution in [-0.4, -0.2) is 42.9 Å². The number of nitrogens with zero attached hydrogens (tertiary/aromatic N) is 6. The van der Waals surface area contributed by atoms with E-state index in [9.17, 15) is 31.1 Å². The van der Waals surface area contributed by atoms with E-state index in [0.717, 1.165) is 16.8 Å². The van der Waals surface area contributed by atoms with Crippen LogP contribution in [0.3, 0.4) is 0 Å². The summed E-state index contributed by atoms with van der Waals surface area (Å²) >= 11 is 0. The number of hydrogen-bond donors (Lipinski definition) is 2. The minimum absolute atomic E-state index is 0.0287. The molecule has 0 saturated carbocycles. The maximum atomic E-state index is 13.9. The molecule has 5 rings (SSSR count). The zero-order valence-corrected chi connectivity index (χ0v) is 20.7. The van der Waals surface area contributed by atoms with E-state index < -0.39 is 35.1 Å². The number of fused-ring (bicyclic) bond motifs is 1. The molecule has 0 fully saturated rings. The lowest BCUT2D eigenvalue weighted by atomic mass is 10.0. The number of halogens is 6. The van der Waals surface area contributed by atoms with Gasteiger partial charge in [-0.2, -0.15) is 36.7 Å². The minimum atomic E-state index is -4.94. The third-order valence-electron chi connectivity index (χ3n) is 6.38. The fourth-order valence-corrected chi connectivity index (χ4v) is 4.48. The molecule has 1 aliphatic heterocycles. The van der Waals surface area contributed by atoms with Crippen molar-refractivity contribution in [3.63, 3.8) is 0 Å². The number of tetrazole rings is 1. The topological polar surface area (TPSA) is 105 Å². The van der Waals surface area contributed by atoms with Crippen molar-refractivity contribution in [1.29, 1.82) is 0 Å². The second-order valence-corrected chi connectivity index (χ2v) is 9.08. The van der Waals surface area contributed by atoms with E-state index >= 15 is 0 Å². The number of rotatable bonds is 6. The number of aryl methyl sites for hydroxylation is 1. The molecular weight excluding hydrogens is 542 g/mol. The number of carbonyl (C=O) groups is 1. The first-order chi connectivity index (χ1) is 18.8. The summed E-state index contributed by atoms with van der Waals surface area (Å²) in [6.45, 7) is 5.81. The van der Waals surface area contributed by atoms with E-state index in [-0.39, 0.29) is 31.1 Å². The molecule has 1 amide bonds. The molecule has 0 unspecified atom stereocenters. The molecule has 9 nitrogen and oxygen atoms in total. The number of alkyl halides is 6. The number of nitrogens with one attached hydrogen (secondary N) is 2. The van der Waals surface area contributed by atoms with Gasteiger partial charge in [-0.05, 0) is 47.0 Å². The molecule has 0 bridgehead atoms. The van der Waals surface area contributed by atoms with Crippen LogP contribution in [0.4, 0.5) is 32.2 Å². The quantitative estimate of drug-likeness (QED) is 0.327. The van der Waals surface area contributed by atoms with Gasteiger partial charge in [0.25, 0.3) is 5.91 Å². The molecule has 2 aromatic heterocycles. The Labute approximate surface area is 222 Å². The summed E-state index contributed by atoms with van der Waals surface area (Å²) in [6, 6.07) is 9.21. The lowest BCUT2D eigenvalue weighted by molar-refractivity contribution is -0.142. The SMILES string of the molecule is C=C(NC(=O)c1c(C(F)(F)F)nn2c1N(Cc1ccc(C(F)(F)F)cc1)CC2)c1ccc(-c2nn[nH]n2)c(C)c1. The Balaban J connectivity index is 1.42. The van der Waals surface area contributed by atoms with Crippen molar-refractivity contribution in [2.45, 2.75) is 32.4 Å². The van der Waals surface area contributed by atoms with Gasteiger partial charge in [0, 0.05) is 24.4 Å². The summed E-state index contributed by atoms with van der Waals surface area (Å²) in [5.41, 5.74) is -0.633. The number of anilines is 1. The molecule has 2 N–H and O–H groups in total. The van der Waals surface area contributed by atoms with Crippen molar-refractivity contribution < 1.29 is 31.1 Å². The van der Waals surface area contributed by atoms with E-state index in [1.807, 2.05) is 0 Å². The molecule has 0 atom stereocenters. The minimum Gasteiger partial charge on any atom is -0.350 e. The molecule has 40 heavy (non-hydrogen) atoms. The predicted octanol–water partition coefficient (Wildman–Crippen LogP) is 4.83. The Morgan fingerprint density at radius 1 is 1.05 bits per heavy atom. The highest BCUT2D eigenvalue weighted by Gasteiger charge is 2.44. The van der Waals surface area contributed by atoms with Crippen LogP contribution in [0.5, 0.6) is 0 Å². The molecule has 0 saturated heterocycles. The Hall–Kier alpha value is -4.69. The lowest BCUT2D eigenvalue weighted by Gasteiger charge is -2.20. The van der Waals surface area contributed by atoms with Gasteiger partial charge in [0.2, 0.25) is 5.82 Å². The van der Waals surface area contributed by atoms with Crippen LogP contribution in [-0.2, 0) is 25.4 Å². The standard InChI is InChI=1S/C25H20F6N8O/c1-13-11-16(5-8-18(13)21-33-36-37-34-21)14(2)32-22(40)19-20(25(29,30)31)35-39-10-9-38(23(19)39)12-15-3-6-17(7-4-15)24(26,27)28/h3-8,11H,2,9-10,12H2,1H3,(H,32,40)(H,33,34,36,37). The van der Waals surface area contributed by atoms with Crippen molar-refractivity contribution in [2.75, 3.05) is 11.4 Å². The molecule has 0 aliphatic carbocycles. The number of carbonyl (C=O) groups excluding carboxylic acids is 1. The number of H-pyrrole nitrogens is 1. The maximum absolute atomic E-state index is 13.9.